The average Bonchev–Trinajstić information content (AvgIpc) is 2.76. The molecule has 100 valence electrons. The van der Waals surface area contributed by atoms with Gasteiger partial charge in [-0.3, -0.25) is 4.90 Å². The molecule has 6 heteroatoms. The van der Waals surface area contributed by atoms with Crippen LogP contribution in [0, 0.1) is 0 Å². The molecule has 2 N–H and O–H groups in total. The zero-order valence-corrected chi connectivity index (χ0v) is 12.1. The first-order chi connectivity index (χ1) is 9.13. The van der Waals surface area contributed by atoms with Crippen molar-refractivity contribution in [3.63, 3.8) is 0 Å². The van der Waals surface area contributed by atoms with Crippen molar-refractivity contribution >= 4 is 21.8 Å². The number of anilines is 1. The Kier molecular flexibility index (Phi) is 3.20. The third kappa shape index (κ3) is 2.46. The molecule has 19 heavy (non-hydrogen) atoms. The zero-order valence-electron chi connectivity index (χ0n) is 10.5. The van der Waals surface area contributed by atoms with Gasteiger partial charge in [0.25, 0.3) is 0 Å². The van der Waals surface area contributed by atoms with E-state index < -0.39 is 0 Å². The van der Waals surface area contributed by atoms with Crippen molar-refractivity contribution < 1.29 is 9.26 Å². The third-order valence-corrected chi connectivity index (χ3v) is 3.79. The van der Waals surface area contributed by atoms with Gasteiger partial charge in [0.05, 0.1) is 16.2 Å². The lowest BCUT2D eigenvalue weighted by atomic mass is 10.1. The number of ether oxygens (including phenoxy) is 1. The monoisotopic (exact) mass is 323 g/mol. The van der Waals surface area contributed by atoms with Crippen LogP contribution in [0.5, 0.6) is 5.75 Å². The van der Waals surface area contributed by atoms with E-state index in [9.17, 15) is 0 Å². The second-order valence-electron chi connectivity index (χ2n) is 4.71. The van der Waals surface area contributed by atoms with Crippen molar-refractivity contribution in [3.05, 3.63) is 28.9 Å². The fourth-order valence-electron chi connectivity index (χ4n) is 2.13. The Morgan fingerprint density at radius 2 is 2.26 bits per heavy atom. The summed E-state index contributed by atoms with van der Waals surface area (Å²) in [5.41, 5.74) is 7.44. The minimum absolute atomic E-state index is 0.271. The van der Waals surface area contributed by atoms with Gasteiger partial charge in [-0.1, -0.05) is 11.2 Å². The van der Waals surface area contributed by atoms with Crippen LogP contribution in [0.1, 0.15) is 0 Å². The van der Waals surface area contributed by atoms with Gasteiger partial charge >= 0.3 is 0 Å². The molecule has 2 heterocycles. The fraction of sp³-hybridized carbons (Fsp3) is 0.308. The van der Waals surface area contributed by atoms with Crippen LogP contribution < -0.4 is 10.5 Å². The molecule has 1 saturated heterocycles. The van der Waals surface area contributed by atoms with Crippen molar-refractivity contribution in [1.29, 1.82) is 0 Å². The molecule has 1 aliphatic heterocycles. The molecule has 0 spiro atoms. The SMILES string of the molecule is CN1CC(Oc2ccc(-c3cnoc3N)cc2Br)C1. The van der Waals surface area contributed by atoms with E-state index in [4.69, 9.17) is 15.0 Å². The average molecular weight is 324 g/mol. The second kappa shape index (κ2) is 4.86. The van der Waals surface area contributed by atoms with E-state index >= 15 is 0 Å². The summed E-state index contributed by atoms with van der Waals surface area (Å²) in [5.74, 6) is 1.16. The number of benzene rings is 1. The van der Waals surface area contributed by atoms with Crippen LogP contribution in [0.4, 0.5) is 5.88 Å². The van der Waals surface area contributed by atoms with Gasteiger partial charge in [0.2, 0.25) is 5.88 Å². The molecule has 1 fully saturated rings. The number of likely N-dealkylation sites (N-methyl/N-ethyl adjacent to an activating group) is 1. The van der Waals surface area contributed by atoms with Crippen LogP contribution in [0.2, 0.25) is 0 Å². The van der Waals surface area contributed by atoms with E-state index in [-0.39, 0.29) is 6.10 Å². The van der Waals surface area contributed by atoms with Gasteiger partial charge in [-0.15, -0.1) is 0 Å². The topological polar surface area (TPSA) is 64.5 Å². The van der Waals surface area contributed by atoms with Crippen LogP contribution in [0.15, 0.2) is 33.4 Å². The molecule has 1 aliphatic rings. The lowest BCUT2D eigenvalue weighted by Crippen LogP contribution is -2.51. The highest BCUT2D eigenvalue weighted by atomic mass is 79.9. The number of nitrogens with two attached hydrogens (primary N) is 1. The summed E-state index contributed by atoms with van der Waals surface area (Å²) < 4.78 is 11.7. The van der Waals surface area contributed by atoms with Gasteiger partial charge in [-0.05, 0) is 40.7 Å². The second-order valence-corrected chi connectivity index (χ2v) is 5.56. The van der Waals surface area contributed by atoms with Gasteiger partial charge in [0.15, 0.2) is 0 Å². The molecule has 0 saturated carbocycles. The van der Waals surface area contributed by atoms with Crippen LogP contribution in [-0.4, -0.2) is 36.3 Å². The Balaban J connectivity index is 1.80. The molecular formula is C13H14BrN3O2. The smallest absolute Gasteiger partial charge is 0.229 e. The number of hydrogen-bond donors (Lipinski definition) is 1. The predicted molar refractivity (Wildman–Crippen MR) is 76.0 cm³/mol. The highest BCUT2D eigenvalue weighted by Crippen LogP contribution is 2.34. The Bertz CT molecular complexity index is 593. The Hall–Kier alpha value is -1.53. The maximum atomic E-state index is 5.90. The van der Waals surface area contributed by atoms with Gasteiger partial charge in [-0.2, -0.15) is 0 Å². The zero-order chi connectivity index (χ0) is 13.4. The summed E-state index contributed by atoms with van der Waals surface area (Å²) in [7, 11) is 2.08. The van der Waals surface area contributed by atoms with Gasteiger partial charge in [-0.25, -0.2) is 0 Å². The van der Waals surface area contributed by atoms with Crippen LogP contribution in [0.3, 0.4) is 0 Å². The molecule has 5 nitrogen and oxygen atoms in total. The molecular weight excluding hydrogens is 310 g/mol. The first kappa shape index (κ1) is 12.5. The normalized spacial score (nSPS) is 16.3. The highest BCUT2D eigenvalue weighted by molar-refractivity contribution is 9.10. The van der Waals surface area contributed by atoms with Gasteiger partial charge < -0.3 is 15.0 Å². The maximum absolute atomic E-state index is 5.90. The van der Waals surface area contributed by atoms with Crippen molar-refractivity contribution in [2.45, 2.75) is 6.10 Å². The molecule has 0 radical (unpaired) electrons. The Labute approximate surface area is 119 Å². The van der Waals surface area contributed by atoms with Crippen molar-refractivity contribution in [3.8, 4) is 16.9 Å². The van der Waals surface area contributed by atoms with Crippen LogP contribution >= 0.6 is 15.9 Å². The maximum Gasteiger partial charge on any atom is 0.229 e. The summed E-state index contributed by atoms with van der Waals surface area (Å²) in [5, 5.41) is 3.68. The number of nitrogen functional groups attached to an aromatic ring is 1. The van der Waals surface area contributed by atoms with E-state index in [1.807, 2.05) is 18.2 Å². The number of aromatic nitrogens is 1. The number of likely N-dealkylation sites (tertiary alicyclic amines) is 1. The lowest BCUT2D eigenvalue weighted by molar-refractivity contribution is 0.0383. The Morgan fingerprint density at radius 3 is 2.84 bits per heavy atom. The largest absolute Gasteiger partial charge is 0.487 e. The molecule has 0 aliphatic carbocycles. The highest BCUT2D eigenvalue weighted by Gasteiger charge is 2.25. The summed E-state index contributed by atoms with van der Waals surface area (Å²) in [4.78, 5) is 2.21. The van der Waals surface area contributed by atoms with Crippen LogP contribution in [-0.2, 0) is 0 Å². The van der Waals surface area contributed by atoms with Crippen molar-refractivity contribution in [2.24, 2.45) is 0 Å². The van der Waals surface area contributed by atoms with Crippen LogP contribution in [0.25, 0.3) is 11.1 Å². The number of nitrogens with zero attached hydrogens (tertiary/aromatic N) is 2. The molecule has 0 amide bonds. The minimum atomic E-state index is 0.271. The summed E-state index contributed by atoms with van der Waals surface area (Å²) >= 11 is 3.52. The first-order valence-electron chi connectivity index (χ1n) is 5.99. The summed E-state index contributed by atoms with van der Waals surface area (Å²) in [6.45, 7) is 1.93. The first-order valence-corrected chi connectivity index (χ1v) is 6.78. The van der Waals surface area contributed by atoms with Crippen molar-refractivity contribution in [1.82, 2.24) is 10.1 Å². The quantitative estimate of drug-likeness (QED) is 0.939. The van der Waals surface area contributed by atoms with E-state index in [1.54, 1.807) is 6.20 Å². The minimum Gasteiger partial charge on any atom is -0.487 e. The molecule has 0 atom stereocenters. The molecule has 0 unspecified atom stereocenters. The van der Waals surface area contributed by atoms with E-state index in [0.29, 0.717) is 5.88 Å². The van der Waals surface area contributed by atoms with E-state index in [0.717, 1.165) is 34.4 Å². The third-order valence-electron chi connectivity index (χ3n) is 3.17. The van der Waals surface area contributed by atoms with Gasteiger partial charge in [0, 0.05) is 13.1 Å². The number of rotatable bonds is 3. The van der Waals surface area contributed by atoms with Gasteiger partial charge in [0.1, 0.15) is 11.9 Å². The molecule has 1 aromatic heterocycles. The molecule has 1 aromatic carbocycles. The fourth-order valence-corrected chi connectivity index (χ4v) is 2.60. The lowest BCUT2D eigenvalue weighted by Gasteiger charge is -2.36. The molecule has 0 bridgehead atoms. The number of halogens is 1. The standard InChI is InChI=1S/C13H14BrN3O2/c1-17-6-9(7-17)18-12-3-2-8(4-11(12)14)10-5-16-19-13(10)15/h2-5,9H,6-7,15H2,1H3. The number of hydrogen-bond acceptors (Lipinski definition) is 5. The van der Waals surface area contributed by atoms with E-state index in [1.165, 1.54) is 0 Å². The molecule has 2 aromatic rings. The predicted octanol–water partition coefficient (Wildman–Crippen LogP) is 2.38. The van der Waals surface area contributed by atoms with E-state index in [2.05, 4.69) is 33.0 Å². The Morgan fingerprint density at radius 1 is 1.47 bits per heavy atom. The summed E-state index contributed by atoms with van der Waals surface area (Å²) in [6.07, 6.45) is 1.88. The summed E-state index contributed by atoms with van der Waals surface area (Å²) in [6, 6.07) is 5.84. The molecule has 3 rings (SSSR count). The van der Waals surface area contributed by atoms with Crippen molar-refractivity contribution in [2.75, 3.05) is 25.9 Å².